The molecule has 4 rings (SSSR count). The normalized spacial score (nSPS) is 12.2. The zero-order valence-corrected chi connectivity index (χ0v) is 23.2. The molecule has 2 aromatic carbocycles. The van der Waals surface area contributed by atoms with Crippen molar-refractivity contribution in [2.75, 3.05) is 31.5 Å². The Morgan fingerprint density at radius 2 is 1.74 bits per heavy atom. The summed E-state index contributed by atoms with van der Waals surface area (Å²) in [5.74, 6) is -0.392. The summed E-state index contributed by atoms with van der Waals surface area (Å²) in [6.45, 7) is 14.4. The molecule has 0 saturated carbocycles. The molecule has 39 heavy (non-hydrogen) atoms. The molecule has 4 aromatic rings. The zero-order chi connectivity index (χ0) is 28.1. The number of para-hydroxylation sites is 1. The van der Waals surface area contributed by atoms with Gasteiger partial charge in [0, 0.05) is 37.3 Å². The maximum atomic E-state index is 15.1. The van der Waals surface area contributed by atoms with Crippen LogP contribution in [0.3, 0.4) is 0 Å². The molecular formula is C30H36F2N6O. The van der Waals surface area contributed by atoms with E-state index in [1.807, 2.05) is 38.1 Å². The van der Waals surface area contributed by atoms with Crippen LogP contribution in [0.5, 0.6) is 0 Å². The fraction of sp³-hybridized carbons (Fsp3) is 0.367. The molecule has 0 fully saturated rings. The number of aryl methyl sites for hydroxylation is 2. The average Bonchev–Trinajstić information content (AvgIpc) is 3.29. The lowest BCUT2D eigenvalue weighted by Gasteiger charge is -2.23. The van der Waals surface area contributed by atoms with Crippen molar-refractivity contribution in [1.82, 2.24) is 24.5 Å². The first-order chi connectivity index (χ1) is 18.8. The van der Waals surface area contributed by atoms with E-state index < -0.39 is 11.6 Å². The van der Waals surface area contributed by atoms with Crippen LogP contribution in [0.4, 0.5) is 14.6 Å². The quantitative estimate of drug-likeness (QED) is 0.265. The summed E-state index contributed by atoms with van der Waals surface area (Å²) in [5.41, 5.74) is 2.76. The summed E-state index contributed by atoms with van der Waals surface area (Å²) in [5, 5.41) is 13.0. The Bertz CT molecular complexity index is 1490. The molecule has 1 N–H and O–H groups in total. The van der Waals surface area contributed by atoms with Gasteiger partial charge in [0.25, 0.3) is 5.56 Å². The fourth-order valence-electron chi connectivity index (χ4n) is 4.76. The van der Waals surface area contributed by atoms with Gasteiger partial charge in [0.15, 0.2) is 0 Å². The lowest BCUT2D eigenvalue weighted by atomic mass is 10.0. The van der Waals surface area contributed by atoms with Crippen molar-refractivity contribution >= 4 is 5.82 Å². The third-order valence-corrected chi connectivity index (χ3v) is 6.92. The first-order valence-electron chi connectivity index (χ1n) is 13.5. The van der Waals surface area contributed by atoms with Crippen LogP contribution in [0.25, 0.3) is 28.2 Å². The summed E-state index contributed by atoms with van der Waals surface area (Å²) in [6.07, 6.45) is 0. The van der Waals surface area contributed by atoms with Crippen LogP contribution in [0.2, 0.25) is 0 Å². The van der Waals surface area contributed by atoms with Crippen molar-refractivity contribution in [3.05, 3.63) is 82.1 Å². The number of rotatable bonds is 11. The van der Waals surface area contributed by atoms with Gasteiger partial charge in [-0.2, -0.15) is 14.9 Å². The molecule has 0 aliphatic carbocycles. The highest BCUT2D eigenvalue weighted by Gasteiger charge is 2.25. The lowest BCUT2D eigenvalue weighted by Crippen LogP contribution is -2.31. The van der Waals surface area contributed by atoms with Crippen molar-refractivity contribution in [2.24, 2.45) is 5.92 Å². The minimum atomic E-state index is -0.717. The maximum absolute atomic E-state index is 15.1. The van der Waals surface area contributed by atoms with E-state index in [1.165, 1.54) is 22.9 Å². The maximum Gasteiger partial charge on any atom is 0.271 e. The van der Waals surface area contributed by atoms with Gasteiger partial charge in [-0.3, -0.25) is 4.79 Å². The highest BCUT2D eigenvalue weighted by atomic mass is 19.1. The van der Waals surface area contributed by atoms with Crippen molar-refractivity contribution in [2.45, 2.75) is 41.2 Å². The Hall–Kier alpha value is -3.85. The lowest BCUT2D eigenvalue weighted by molar-refractivity contribution is 0.266. The summed E-state index contributed by atoms with van der Waals surface area (Å²) in [7, 11) is 0. The van der Waals surface area contributed by atoms with Gasteiger partial charge in [0.05, 0.1) is 16.9 Å². The molecule has 0 amide bonds. The number of hydrogen-bond donors (Lipinski definition) is 1. The molecule has 206 valence electrons. The second kappa shape index (κ2) is 12.3. The van der Waals surface area contributed by atoms with Gasteiger partial charge in [-0.1, -0.05) is 39.0 Å². The molecular weight excluding hydrogens is 498 g/mol. The standard InChI is InChI=1S/C30H36F2N6O/c1-6-36(7-2)19-20(4)18-33-30-28(29(35-37(30)8-3)23-14-13-22(31)17-24(23)32)25-15-16-27(39)38(34-25)26-12-10-9-11-21(26)5/h9-17,20,33H,6-8,18-19H2,1-5H3. The Morgan fingerprint density at radius 3 is 2.41 bits per heavy atom. The van der Waals surface area contributed by atoms with Crippen LogP contribution in [0, 0.1) is 24.5 Å². The van der Waals surface area contributed by atoms with Crippen molar-refractivity contribution in [3.63, 3.8) is 0 Å². The second-order valence-corrected chi connectivity index (χ2v) is 9.74. The Balaban J connectivity index is 1.88. The van der Waals surface area contributed by atoms with E-state index in [-0.39, 0.29) is 11.1 Å². The largest absolute Gasteiger partial charge is 0.369 e. The molecule has 0 bridgehead atoms. The third kappa shape index (κ3) is 6.09. The minimum absolute atomic E-state index is 0.160. The number of benzene rings is 2. The number of hydrogen-bond acceptors (Lipinski definition) is 5. The molecule has 2 aromatic heterocycles. The molecule has 0 spiro atoms. The van der Waals surface area contributed by atoms with E-state index in [9.17, 15) is 9.18 Å². The van der Waals surface area contributed by atoms with Crippen LogP contribution in [0.15, 0.2) is 59.4 Å². The first-order valence-corrected chi connectivity index (χ1v) is 13.5. The predicted octanol–water partition coefficient (Wildman–Crippen LogP) is 5.76. The molecule has 0 saturated heterocycles. The van der Waals surface area contributed by atoms with Crippen molar-refractivity contribution in [1.29, 1.82) is 0 Å². The third-order valence-electron chi connectivity index (χ3n) is 6.92. The van der Waals surface area contributed by atoms with Crippen LogP contribution < -0.4 is 10.9 Å². The fourth-order valence-corrected chi connectivity index (χ4v) is 4.76. The van der Waals surface area contributed by atoms with E-state index in [4.69, 9.17) is 10.2 Å². The number of nitrogens with one attached hydrogen (secondary N) is 1. The molecule has 0 aliphatic heterocycles. The highest BCUT2D eigenvalue weighted by Crippen LogP contribution is 2.38. The van der Waals surface area contributed by atoms with Gasteiger partial charge in [0.2, 0.25) is 0 Å². The van der Waals surface area contributed by atoms with Gasteiger partial charge >= 0.3 is 0 Å². The minimum Gasteiger partial charge on any atom is -0.369 e. The van der Waals surface area contributed by atoms with Crippen LogP contribution in [-0.2, 0) is 6.54 Å². The molecule has 1 unspecified atom stereocenters. The number of nitrogens with zero attached hydrogens (tertiary/aromatic N) is 5. The number of halogens is 2. The molecule has 9 heteroatoms. The summed E-state index contributed by atoms with van der Waals surface area (Å²) >= 11 is 0. The van der Waals surface area contributed by atoms with Gasteiger partial charge in [-0.15, -0.1) is 0 Å². The summed E-state index contributed by atoms with van der Waals surface area (Å²) in [4.78, 5) is 15.2. The molecule has 2 heterocycles. The average molecular weight is 535 g/mol. The van der Waals surface area contributed by atoms with E-state index in [1.54, 1.807) is 10.7 Å². The van der Waals surface area contributed by atoms with Gasteiger partial charge in [0.1, 0.15) is 23.1 Å². The zero-order valence-electron chi connectivity index (χ0n) is 23.2. The molecule has 0 radical (unpaired) electrons. The van der Waals surface area contributed by atoms with E-state index in [0.717, 1.165) is 31.3 Å². The van der Waals surface area contributed by atoms with Crippen LogP contribution in [-0.4, -0.2) is 50.6 Å². The molecule has 1 atom stereocenters. The summed E-state index contributed by atoms with van der Waals surface area (Å²) in [6, 6.07) is 14.0. The van der Waals surface area contributed by atoms with Crippen molar-refractivity contribution in [3.8, 4) is 28.2 Å². The molecule has 0 aliphatic rings. The summed E-state index contributed by atoms with van der Waals surface area (Å²) < 4.78 is 32.0. The van der Waals surface area contributed by atoms with E-state index in [2.05, 4.69) is 31.0 Å². The van der Waals surface area contributed by atoms with Crippen molar-refractivity contribution < 1.29 is 8.78 Å². The monoisotopic (exact) mass is 534 g/mol. The van der Waals surface area contributed by atoms with Gasteiger partial charge in [-0.25, -0.2) is 13.5 Å². The van der Waals surface area contributed by atoms with E-state index >= 15 is 4.39 Å². The van der Waals surface area contributed by atoms with E-state index in [0.29, 0.717) is 47.5 Å². The number of aromatic nitrogens is 4. The second-order valence-electron chi connectivity index (χ2n) is 9.74. The van der Waals surface area contributed by atoms with Gasteiger partial charge < -0.3 is 10.2 Å². The topological polar surface area (TPSA) is 68.0 Å². The van der Waals surface area contributed by atoms with Crippen LogP contribution in [0.1, 0.15) is 33.3 Å². The predicted molar refractivity (Wildman–Crippen MR) is 152 cm³/mol. The number of anilines is 1. The Labute approximate surface area is 228 Å². The Morgan fingerprint density at radius 1 is 1.00 bits per heavy atom. The Kier molecular flexibility index (Phi) is 8.91. The van der Waals surface area contributed by atoms with Crippen LogP contribution >= 0.6 is 0 Å². The highest BCUT2D eigenvalue weighted by molar-refractivity contribution is 5.87. The molecule has 7 nitrogen and oxygen atoms in total. The first kappa shape index (κ1) is 28.2. The SMILES string of the molecule is CCN(CC)CC(C)CNc1c(-c2ccc(=O)n(-c3ccccc3C)n2)c(-c2ccc(F)cc2F)nn1CC. The smallest absolute Gasteiger partial charge is 0.271 e. The van der Waals surface area contributed by atoms with Gasteiger partial charge in [-0.05, 0) is 62.7 Å².